The number of ether oxygens (including phenoxy) is 2. The highest BCUT2D eigenvalue weighted by atomic mass is 16.5. The minimum absolute atomic E-state index is 0.0157. The molecule has 2 N–H and O–H groups in total. The standard InChI is InChI=1S/C17H21NO2/c1-3-12-19-16-8-10-17(11-9-16)20-13(2)14-4-6-15(18)7-5-14/h4-11,13H,3,12,18H2,1-2H3. The van der Waals surface area contributed by atoms with Crippen molar-refractivity contribution in [1.29, 1.82) is 0 Å². The molecule has 2 aromatic carbocycles. The second-order valence-corrected chi connectivity index (χ2v) is 4.75. The summed E-state index contributed by atoms with van der Waals surface area (Å²) in [5.74, 6) is 1.71. The molecule has 2 rings (SSSR count). The number of nitrogens with two attached hydrogens (primary N) is 1. The summed E-state index contributed by atoms with van der Waals surface area (Å²) in [5.41, 5.74) is 7.55. The number of hydrogen-bond acceptors (Lipinski definition) is 3. The van der Waals surface area contributed by atoms with Crippen LogP contribution in [0.1, 0.15) is 31.9 Å². The average Bonchev–Trinajstić information content (AvgIpc) is 2.47. The molecule has 1 unspecified atom stereocenters. The highest BCUT2D eigenvalue weighted by Gasteiger charge is 2.07. The van der Waals surface area contributed by atoms with Crippen molar-refractivity contribution in [2.75, 3.05) is 12.3 Å². The molecule has 3 nitrogen and oxygen atoms in total. The van der Waals surface area contributed by atoms with Gasteiger partial charge in [-0.3, -0.25) is 0 Å². The van der Waals surface area contributed by atoms with E-state index in [0.29, 0.717) is 0 Å². The third-order valence-corrected chi connectivity index (χ3v) is 3.02. The van der Waals surface area contributed by atoms with E-state index in [9.17, 15) is 0 Å². The fourth-order valence-corrected chi connectivity index (χ4v) is 1.87. The Morgan fingerprint density at radius 1 is 0.950 bits per heavy atom. The highest BCUT2D eigenvalue weighted by molar-refractivity contribution is 5.40. The Kier molecular flexibility index (Phi) is 4.88. The summed E-state index contributed by atoms with van der Waals surface area (Å²) in [4.78, 5) is 0. The molecule has 2 aromatic rings. The van der Waals surface area contributed by atoms with Gasteiger partial charge in [0.15, 0.2) is 0 Å². The molecule has 0 fully saturated rings. The average molecular weight is 271 g/mol. The molecule has 0 saturated carbocycles. The van der Waals surface area contributed by atoms with Crippen LogP contribution in [-0.4, -0.2) is 6.61 Å². The molecule has 20 heavy (non-hydrogen) atoms. The number of benzene rings is 2. The molecular formula is C17H21NO2. The number of nitrogen functional groups attached to an aromatic ring is 1. The second kappa shape index (κ2) is 6.85. The molecule has 0 aromatic heterocycles. The van der Waals surface area contributed by atoms with E-state index in [0.717, 1.165) is 35.8 Å². The van der Waals surface area contributed by atoms with Gasteiger partial charge in [-0.05, 0) is 55.3 Å². The molecule has 0 aliphatic carbocycles. The van der Waals surface area contributed by atoms with Crippen LogP contribution in [0.4, 0.5) is 5.69 Å². The number of hydrogen-bond donors (Lipinski definition) is 1. The van der Waals surface area contributed by atoms with Crippen LogP contribution in [0.25, 0.3) is 0 Å². The normalized spacial score (nSPS) is 11.9. The van der Waals surface area contributed by atoms with E-state index < -0.39 is 0 Å². The van der Waals surface area contributed by atoms with Gasteiger partial charge in [-0.25, -0.2) is 0 Å². The maximum Gasteiger partial charge on any atom is 0.121 e. The first kappa shape index (κ1) is 14.3. The van der Waals surface area contributed by atoms with Crippen molar-refractivity contribution in [3.63, 3.8) is 0 Å². The Hall–Kier alpha value is -2.16. The highest BCUT2D eigenvalue weighted by Crippen LogP contribution is 2.24. The summed E-state index contributed by atoms with van der Waals surface area (Å²) in [7, 11) is 0. The first-order valence-electron chi connectivity index (χ1n) is 6.94. The van der Waals surface area contributed by atoms with E-state index in [4.69, 9.17) is 15.2 Å². The minimum atomic E-state index is -0.0157. The Bertz CT molecular complexity index is 520. The van der Waals surface area contributed by atoms with E-state index in [2.05, 4.69) is 6.92 Å². The van der Waals surface area contributed by atoms with E-state index in [1.165, 1.54) is 0 Å². The lowest BCUT2D eigenvalue weighted by atomic mass is 10.1. The summed E-state index contributed by atoms with van der Waals surface area (Å²) < 4.78 is 11.4. The van der Waals surface area contributed by atoms with Crippen LogP contribution in [0.2, 0.25) is 0 Å². The summed E-state index contributed by atoms with van der Waals surface area (Å²) in [5, 5.41) is 0. The molecule has 0 aliphatic heterocycles. The largest absolute Gasteiger partial charge is 0.494 e. The van der Waals surface area contributed by atoms with Crippen LogP contribution in [0, 0.1) is 0 Å². The van der Waals surface area contributed by atoms with Crippen molar-refractivity contribution in [2.45, 2.75) is 26.4 Å². The van der Waals surface area contributed by atoms with Gasteiger partial charge in [0.05, 0.1) is 6.61 Å². The zero-order valence-corrected chi connectivity index (χ0v) is 12.0. The Morgan fingerprint density at radius 2 is 1.55 bits per heavy atom. The van der Waals surface area contributed by atoms with E-state index in [1.807, 2.05) is 55.5 Å². The smallest absolute Gasteiger partial charge is 0.121 e. The van der Waals surface area contributed by atoms with Gasteiger partial charge in [-0.2, -0.15) is 0 Å². The lowest BCUT2D eigenvalue weighted by Gasteiger charge is -2.15. The molecule has 0 bridgehead atoms. The van der Waals surface area contributed by atoms with Crippen molar-refractivity contribution in [3.05, 3.63) is 54.1 Å². The van der Waals surface area contributed by atoms with Gasteiger partial charge in [-0.1, -0.05) is 19.1 Å². The first-order valence-corrected chi connectivity index (χ1v) is 6.94. The molecule has 3 heteroatoms. The summed E-state index contributed by atoms with van der Waals surface area (Å²) >= 11 is 0. The van der Waals surface area contributed by atoms with Gasteiger partial charge in [0, 0.05) is 5.69 Å². The maximum absolute atomic E-state index is 5.90. The third kappa shape index (κ3) is 3.92. The fourth-order valence-electron chi connectivity index (χ4n) is 1.87. The van der Waals surface area contributed by atoms with E-state index in [1.54, 1.807) is 0 Å². The van der Waals surface area contributed by atoms with Gasteiger partial charge in [-0.15, -0.1) is 0 Å². The molecule has 0 aliphatic rings. The lowest BCUT2D eigenvalue weighted by molar-refractivity contribution is 0.226. The SMILES string of the molecule is CCCOc1ccc(OC(C)c2ccc(N)cc2)cc1. The summed E-state index contributed by atoms with van der Waals surface area (Å²) in [6.07, 6.45) is 0.991. The Labute approximate surface area is 120 Å². The molecular weight excluding hydrogens is 250 g/mol. The summed E-state index contributed by atoms with van der Waals surface area (Å²) in [6, 6.07) is 15.5. The van der Waals surface area contributed by atoms with Crippen molar-refractivity contribution >= 4 is 5.69 Å². The van der Waals surface area contributed by atoms with Crippen molar-refractivity contribution in [2.24, 2.45) is 0 Å². The van der Waals surface area contributed by atoms with Gasteiger partial charge in [0.1, 0.15) is 17.6 Å². The first-order chi connectivity index (χ1) is 9.69. The van der Waals surface area contributed by atoms with Gasteiger partial charge in [0.2, 0.25) is 0 Å². The fraction of sp³-hybridized carbons (Fsp3) is 0.294. The van der Waals surface area contributed by atoms with Crippen LogP contribution in [-0.2, 0) is 0 Å². The van der Waals surface area contributed by atoms with Crippen LogP contribution in [0.15, 0.2) is 48.5 Å². The van der Waals surface area contributed by atoms with Crippen molar-refractivity contribution < 1.29 is 9.47 Å². The minimum Gasteiger partial charge on any atom is -0.494 e. The van der Waals surface area contributed by atoms with Gasteiger partial charge < -0.3 is 15.2 Å². The summed E-state index contributed by atoms with van der Waals surface area (Å²) in [6.45, 7) is 4.85. The number of anilines is 1. The zero-order chi connectivity index (χ0) is 14.4. The van der Waals surface area contributed by atoms with Crippen LogP contribution < -0.4 is 15.2 Å². The lowest BCUT2D eigenvalue weighted by Crippen LogP contribution is -2.03. The molecule has 0 spiro atoms. The van der Waals surface area contributed by atoms with E-state index in [-0.39, 0.29) is 6.10 Å². The van der Waals surface area contributed by atoms with Gasteiger partial charge in [0.25, 0.3) is 0 Å². The molecule has 0 radical (unpaired) electrons. The molecule has 0 saturated heterocycles. The van der Waals surface area contributed by atoms with E-state index >= 15 is 0 Å². The van der Waals surface area contributed by atoms with Gasteiger partial charge >= 0.3 is 0 Å². The monoisotopic (exact) mass is 271 g/mol. The van der Waals surface area contributed by atoms with Crippen molar-refractivity contribution in [1.82, 2.24) is 0 Å². The van der Waals surface area contributed by atoms with Crippen LogP contribution in [0.5, 0.6) is 11.5 Å². The third-order valence-electron chi connectivity index (χ3n) is 3.02. The maximum atomic E-state index is 5.90. The van der Waals surface area contributed by atoms with Crippen LogP contribution in [0.3, 0.4) is 0 Å². The second-order valence-electron chi connectivity index (χ2n) is 4.75. The molecule has 0 amide bonds. The Morgan fingerprint density at radius 3 is 2.15 bits per heavy atom. The molecule has 106 valence electrons. The van der Waals surface area contributed by atoms with Crippen LogP contribution >= 0.6 is 0 Å². The number of rotatable bonds is 6. The Balaban J connectivity index is 1.97. The zero-order valence-electron chi connectivity index (χ0n) is 12.0. The van der Waals surface area contributed by atoms with Crippen molar-refractivity contribution in [3.8, 4) is 11.5 Å². The molecule has 0 heterocycles. The topological polar surface area (TPSA) is 44.5 Å². The quantitative estimate of drug-likeness (QED) is 0.801. The predicted molar refractivity (Wildman–Crippen MR) is 82.1 cm³/mol. The molecule has 1 atom stereocenters. The predicted octanol–water partition coefficient (Wildman–Crippen LogP) is 4.20.